The minimum absolute atomic E-state index is 0.676. The van der Waals surface area contributed by atoms with E-state index in [2.05, 4.69) is 4.84 Å². The average molecular weight is 197 g/mol. The quantitative estimate of drug-likeness (QED) is 0.722. The molecule has 0 bridgehead atoms. The lowest BCUT2D eigenvalue weighted by Crippen LogP contribution is -2.23. The molecule has 0 N–H and O–H groups in total. The second kappa shape index (κ2) is 3.75. The molecule has 0 spiro atoms. The Hall–Kier alpha value is -1.42. The minimum atomic E-state index is -2.80. The fourth-order valence-corrected chi connectivity index (χ4v) is 1.43. The summed E-state index contributed by atoms with van der Waals surface area (Å²) in [6.45, 7) is -2.80. The molecular formula is C10H9F2NO. The Morgan fingerprint density at radius 3 is 2.86 bits per heavy atom. The Kier molecular flexibility index (Phi) is 2.45. The molecule has 1 aromatic carbocycles. The van der Waals surface area contributed by atoms with Crippen molar-refractivity contribution in [3.63, 3.8) is 0 Å². The molecule has 2 nitrogen and oxygen atoms in total. The topological polar surface area (TPSA) is 12.5 Å². The van der Waals surface area contributed by atoms with Crippen molar-refractivity contribution in [2.45, 2.75) is 13.0 Å². The van der Waals surface area contributed by atoms with E-state index in [0.29, 0.717) is 5.69 Å². The van der Waals surface area contributed by atoms with Gasteiger partial charge in [-0.2, -0.15) is 13.6 Å². The standard InChI is InChI=1S/C10H9F2NO/c11-10(12)14-13-7-3-5-8-4-1-2-6-9(8)13/h1-4,6-7,10H,5H2. The van der Waals surface area contributed by atoms with Gasteiger partial charge < -0.3 is 0 Å². The summed E-state index contributed by atoms with van der Waals surface area (Å²) in [5, 5.41) is 1.10. The second-order valence-electron chi connectivity index (χ2n) is 2.91. The monoisotopic (exact) mass is 197 g/mol. The summed E-state index contributed by atoms with van der Waals surface area (Å²) in [4.78, 5) is 4.33. The zero-order valence-corrected chi connectivity index (χ0v) is 7.36. The average Bonchev–Trinajstić information content (AvgIpc) is 2.18. The first kappa shape index (κ1) is 9.15. The van der Waals surface area contributed by atoms with Crippen LogP contribution in [0.15, 0.2) is 36.5 Å². The van der Waals surface area contributed by atoms with Crippen molar-refractivity contribution in [3.8, 4) is 0 Å². The van der Waals surface area contributed by atoms with Crippen LogP contribution in [0.2, 0.25) is 0 Å². The van der Waals surface area contributed by atoms with Gasteiger partial charge >= 0.3 is 6.61 Å². The Bertz CT molecular complexity index is 352. The van der Waals surface area contributed by atoms with Crippen LogP contribution in [-0.4, -0.2) is 6.61 Å². The molecule has 0 aliphatic carbocycles. The number of fused-ring (bicyclic) bond motifs is 1. The highest BCUT2D eigenvalue weighted by molar-refractivity contribution is 5.56. The molecule has 0 radical (unpaired) electrons. The molecule has 0 fully saturated rings. The highest BCUT2D eigenvalue weighted by Crippen LogP contribution is 2.26. The third-order valence-electron chi connectivity index (χ3n) is 2.00. The van der Waals surface area contributed by atoms with E-state index in [1.165, 1.54) is 6.20 Å². The third kappa shape index (κ3) is 1.75. The van der Waals surface area contributed by atoms with Gasteiger partial charge in [-0.15, -0.1) is 0 Å². The second-order valence-corrected chi connectivity index (χ2v) is 2.91. The molecule has 0 aromatic heterocycles. The Morgan fingerprint density at radius 1 is 1.29 bits per heavy atom. The molecule has 0 saturated heterocycles. The van der Waals surface area contributed by atoms with Gasteiger partial charge in [0.2, 0.25) is 0 Å². The predicted octanol–water partition coefficient (Wildman–Crippen LogP) is 2.72. The van der Waals surface area contributed by atoms with Crippen LogP contribution in [0.25, 0.3) is 0 Å². The number of allylic oxidation sites excluding steroid dienone is 1. The lowest BCUT2D eigenvalue weighted by Gasteiger charge is -2.24. The molecule has 1 aliphatic heterocycles. The van der Waals surface area contributed by atoms with E-state index >= 15 is 0 Å². The maximum Gasteiger partial charge on any atom is 0.365 e. The Morgan fingerprint density at radius 2 is 2.07 bits per heavy atom. The number of nitrogens with zero attached hydrogens (tertiary/aromatic N) is 1. The number of anilines is 1. The van der Waals surface area contributed by atoms with Crippen molar-refractivity contribution in [2.75, 3.05) is 5.06 Å². The highest BCUT2D eigenvalue weighted by Gasteiger charge is 2.16. The summed E-state index contributed by atoms with van der Waals surface area (Å²) in [6, 6.07) is 7.31. The maximum absolute atomic E-state index is 12.0. The van der Waals surface area contributed by atoms with Crippen LogP contribution in [0.3, 0.4) is 0 Å². The lowest BCUT2D eigenvalue weighted by molar-refractivity contribution is -0.131. The SMILES string of the molecule is FC(F)ON1C=CCc2ccccc21. The molecule has 4 heteroatoms. The van der Waals surface area contributed by atoms with Gasteiger partial charge in [-0.05, 0) is 18.1 Å². The first-order chi connectivity index (χ1) is 6.77. The van der Waals surface area contributed by atoms with Gasteiger partial charge in [0, 0.05) is 6.20 Å². The number of hydroxylamine groups is 1. The number of alkyl halides is 2. The summed E-state index contributed by atoms with van der Waals surface area (Å²) in [6.07, 6.45) is 4.04. The van der Waals surface area contributed by atoms with Gasteiger partial charge in [0.05, 0.1) is 5.69 Å². The molecule has 0 unspecified atom stereocenters. The van der Waals surface area contributed by atoms with Crippen molar-refractivity contribution in [1.29, 1.82) is 0 Å². The minimum Gasteiger partial charge on any atom is -0.224 e. The summed E-state index contributed by atoms with van der Waals surface area (Å²) in [5.74, 6) is 0. The van der Waals surface area contributed by atoms with Crippen LogP contribution in [0, 0.1) is 0 Å². The van der Waals surface area contributed by atoms with Gasteiger partial charge in [-0.25, -0.2) is 5.06 Å². The van der Waals surface area contributed by atoms with Gasteiger partial charge in [0.25, 0.3) is 0 Å². The van der Waals surface area contributed by atoms with Crippen LogP contribution < -0.4 is 5.06 Å². The smallest absolute Gasteiger partial charge is 0.224 e. The third-order valence-corrected chi connectivity index (χ3v) is 2.00. The summed E-state index contributed by atoms with van der Waals surface area (Å²) in [7, 11) is 0. The van der Waals surface area contributed by atoms with Crippen molar-refractivity contribution in [2.24, 2.45) is 0 Å². The van der Waals surface area contributed by atoms with E-state index < -0.39 is 6.61 Å². The normalized spacial score (nSPS) is 14.6. The van der Waals surface area contributed by atoms with Crippen LogP contribution in [0.4, 0.5) is 14.5 Å². The molecule has 1 aromatic rings. The molecule has 0 amide bonds. The van der Waals surface area contributed by atoms with Gasteiger partial charge in [0.15, 0.2) is 0 Å². The molecule has 0 atom stereocenters. The van der Waals surface area contributed by atoms with E-state index in [9.17, 15) is 8.78 Å². The number of rotatable bonds is 2. The Labute approximate surface area is 80.4 Å². The molecule has 14 heavy (non-hydrogen) atoms. The van der Waals surface area contributed by atoms with Crippen molar-refractivity contribution >= 4 is 5.69 Å². The molecule has 1 heterocycles. The largest absolute Gasteiger partial charge is 0.365 e. The Balaban J connectivity index is 2.26. The van der Waals surface area contributed by atoms with E-state index in [0.717, 1.165) is 17.0 Å². The van der Waals surface area contributed by atoms with Crippen LogP contribution in [0.1, 0.15) is 5.56 Å². The van der Waals surface area contributed by atoms with Crippen LogP contribution >= 0.6 is 0 Å². The fraction of sp³-hybridized carbons (Fsp3) is 0.200. The predicted molar refractivity (Wildman–Crippen MR) is 48.9 cm³/mol. The zero-order chi connectivity index (χ0) is 9.97. The number of hydrogen-bond donors (Lipinski definition) is 0. The maximum atomic E-state index is 12.0. The van der Waals surface area contributed by atoms with Crippen LogP contribution in [-0.2, 0) is 11.3 Å². The van der Waals surface area contributed by atoms with E-state index in [1.807, 2.05) is 12.1 Å². The number of benzene rings is 1. The van der Waals surface area contributed by atoms with Gasteiger partial charge in [-0.1, -0.05) is 24.3 Å². The fourth-order valence-electron chi connectivity index (χ4n) is 1.43. The van der Waals surface area contributed by atoms with Crippen molar-refractivity contribution in [3.05, 3.63) is 42.1 Å². The van der Waals surface area contributed by atoms with Crippen molar-refractivity contribution in [1.82, 2.24) is 0 Å². The summed E-state index contributed by atoms with van der Waals surface area (Å²) < 4.78 is 24.0. The summed E-state index contributed by atoms with van der Waals surface area (Å²) in [5.41, 5.74) is 1.66. The molecule has 1 aliphatic rings. The number of hydrogen-bond acceptors (Lipinski definition) is 2. The van der Waals surface area contributed by atoms with Gasteiger partial charge in [-0.3, -0.25) is 0 Å². The zero-order valence-electron chi connectivity index (χ0n) is 7.36. The molecular weight excluding hydrogens is 188 g/mol. The number of para-hydroxylation sites is 1. The van der Waals surface area contributed by atoms with E-state index in [4.69, 9.17) is 0 Å². The first-order valence-corrected chi connectivity index (χ1v) is 4.26. The molecule has 0 saturated carbocycles. The first-order valence-electron chi connectivity index (χ1n) is 4.26. The van der Waals surface area contributed by atoms with E-state index in [1.54, 1.807) is 18.2 Å². The van der Waals surface area contributed by atoms with Gasteiger partial charge in [0.1, 0.15) is 0 Å². The number of halogens is 2. The molecule has 2 rings (SSSR count). The highest BCUT2D eigenvalue weighted by atomic mass is 19.3. The molecule has 74 valence electrons. The van der Waals surface area contributed by atoms with Crippen LogP contribution in [0.5, 0.6) is 0 Å². The lowest BCUT2D eigenvalue weighted by atomic mass is 10.1. The van der Waals surface area contributed by atoms with E-state index in [-0.39, 0.29) is 0 Å². The summed E-state index contributed by atoms with van der Waals surface area (Å²) >= 11 is 0. The van der Waals surface area contributed by atoms with Crippen molar-refractivity contribution < 1.29 is 13.6 Å².